The summed E-state index contributed by atoms with van der Waals surface area (Å²) in [6, 6.07) is 0. The predicted molar refractivity (Wildman–Crippen MR) is 176 cm³/mol. The fourth-order valence-electron chi connectivity index (χ4n) is 4.68. The van der Waals surface area contributed by atoms with E-state index in [2.05, 4.69) is 26.1 Å². The zero-order valence-corrected chi connectivity index (χ0v) is 28.5. The van der Waals surface area contributed by atoms with Crippen LogP contribution in [0.5, 0.6) is 0 Å². The van der Waals surface area contributed by atoms with Gasteiger partial charge in [-0.25, -0.2) is 0 Å². The minimum atomic E-state index is -0.957. The smallest absolute Gasteiger partial charge is 0.219 e. The van der Waals surface area contributed by atoms with Gasteiger partial charge in [-0.2, -0.15) is 0 Å². The van der Waals surface area contributed by atoms with Crippen molar-refractivity contribution < 1.29 is 35.4 Å². The first-order valence-corrected chi connectivity index (χ1v) is 17.5. The zero-order chi connectivity index (χ0) is 31.7. The Morgan fingerprint density at radius 2 is 1.26 bits per heavy atom. The number of unbranched alkanes of at least 4 members (excludes halogenated alkanes) is 14. The Balaban J connectivity index is -0.00000180. The van der Waals surface area contributed by atoms with Gasteiger partial charge in [-0.05, 0) is 12.8 Å². The second-order valence-corrected chi connectivity index (χ2v) is 11.0. The minimum Gasteiger partial charge on any atom is -0.394 e. The number of rotatable bonds is 26. The van der Waals surface area contributed by atoms with Crippen LogP contribution in [0.2, 0.25) is 0 Å². The first-order valence-electron chi connectivity index (χ1n) is 17.5. The highest BCUT2D eigenvalue weighted by Gasteiger charge is 2.44. The van der Waals surface area contributed by atoms with Crippen molar-refractivity contribution in [2.24, 2.45) is 0 Å². The van der Waals surface area contributed by atoms with Gasteiger partial charge in [0.25, 0.3) is 0 Å². The molecule has 0 spiro atoms. The van der Waals surface area contributed by atoms with Gasteiger partial charge in [0.2, 0.25) is 5.91 Å². The van der Waals surface area contributed by atoms with Crippen LogP contribution in [0.3, 0.4) is 0 Å². The molecular weight excluding hydrogens is 534 g/mol. The van der Waals surface area contributed by atoms with Crippen molar-refractivity contribution in [3.8, 4) is 0 Å². The Kier molecular flexibility index (Phi) is 35.8. The molecule has 0 aromatic carbocycles. The molecule has 1 fully saturated rings. The molecule has 8 nitrogen and oxygen atoms in total. The van der Waals surface area contributed by atoms with Crippen LogP contribution in [0.25, 0.3) is 0 Å². The molecule has 0 aromatic heterocycles. The largest absolute Gasteiger partial charge is 0.394 e. The van der Waals surface area contributed by atoms with E-state index >= 15 is 0 Å². The second kappa shape index (κ2) is 34.7. The lowest BCUT2D eigenvalue weighted by molar-refractivity contribution is -0.182. The van der Waals surface area contributed by atoms with Crippen molar-refractivity contribution in [2.75, 3.05) is 40.1 Å². The molecule has 1 rings (SSSR count). The summed E-state index contributed by atoms with van der Waals surface area (Å²) in [7, 11) is 1.57. The van der Waals surface area contributed by atoms with E-state index in [0.29, 0.717) is 39.2 Å². The predicted octanol–water partition coefficient (Wildman–Crippen LogP) is 7.57. The molecular formula is C34H73NO7. The summed E-state index contributed by atoms with van der Waals surface area (Å²) >= 11 is 0. The van der Waals surface area contributed by atoms with Crippen molar-refractivity contribution in [1.29, 1.82) is 0 Å². The average molecular weight is 608 g/mol. The highest BCUT2D eigenvalue weighted by molar-refractivity contribution is 5.75. The summed E-state index contributed by atoms with van der Waals surface area (Å²) in [4.78, 5) is 12.0. The van der Waals surface area contributed by atoms with Gasteiger partial charge in [0.05, 0.1) is 26.4 Å². The van der Waals surface area contributed by atoms with Crippen LogP contribution in [0, 0.1) is 0 Å². The molecule has 256 valence electrons. The van der Waals surface area contributed by atoms with Gasteiger partial charge in [-0.15, -0.1) is 0 Å². The molecule has 0 bridgehead atoms. The van der Waals surface area contributed by atoms with E-state index in [1.807, 2.05) is 13.8 Å². The average Bonchev–Trinajstić information content (AvgIpc) is 3.31. The SMILES string of the molecule is CC.CCCCC.CCCCCCCCCCCCCCCC(=O)NCCCO[C@@H]1O[C@H](CO)[C@@H](O)[C@H]1OCCOC.[HH]. The van der Waals surface area contributed by atoms with Crippen molar-refractivity contribution in [3.63, 3.8) is 0 Å². The fraction of sp³-hybridized carbons (Fsp3) is 0.971. The summed E-state index contributed by atoms with van der Waals surface area (Å²) in [5.41, 5.74) is 0. The lowest BCUT2D eigenvalue weighted by Crippen LogP contribution is -2.38. The van der Waals surface area contributed by atoms with Crippen LogP contribution in [0.4, 0.5) is 0 Å². The fourth-order valence-corrected chi connectivity index (χ4v) is 4.68. The van der Waals surface area contributed by atoms with Crippen molar-refractivity contribution in [2.45, 2.75) is 175 Å². The topological polar surface area (TPSA) is 106 Å². The number of amides is 1. The third-order valence-corrected chi connectivity index (χ3v) is 7.21. The highest BCUT2D eigenvalue weighted by atomic mass is 16.7. The number of methoxy groups -OCH3 is 1. The lowest BCUT2D eigenvalue weighted by Gasteiger charge is -2.21. The normalized spacial score (nSPS) is 19.5. The Morgan fingerprint density at radius 3 is 1.74 bits per heavy atom. The lowest BCUT2D eigenvalue weighted by atomic mass is 10.0. The maximum atomic E-state index is 12.0. The van der Waals surface area contributed by atoms with Crippen LogP contribution in [-0.4, -0.2) is 80.8 Å². The molecule has 0 aromatic rings. The number of aliphatic hydroxyl groups is 2. The third-order valence-electron chi connectivity index (χ3n) is 7.21. The van der Waals surface area contributed by atoms with Crippen molar-refractivity contribution in [1.82, 2.24) is 5.32 Å². The van der Waals surface area contributed by atoms with Crippen molar-refractivity contribution >= 4 is 5.91 Å². The van der Waals surface area contributed by atoms with E-state index < -0.39 is 24.6 Å². The van der Waals surface area contributed by atoms with Gasteiger partial charge in [0.1, 0.15) is 18.3 Å². The maximum Gasteiger partial charge on any atom is 0.219 e. The first-order chi connectivity index (χ1) is 20.5. The standard InChI is InChI=1S/C27H53NO7.C5H12.C2H6.H2/c1-3-4-5-6-7-8-9-10-11-12-13-14-15-17-24(30)28-18-16-19-34-27-26(33-21-20-32-2)25(31)23(22-29)35-27;1-3-5-4-2;1-2;/h23,25-27,29,31H,3-22H2,1-2H3,(H,28,30);3-5H2,1-2H3;1-2H3;1H/t23-,25-,26-,27-;;;/m1.../s1. The molecule has 1 aliphatic rings. The Labute approximate surface area is 261 Å². The number of ether oxygens (including phenoxy) is 4. The van der Waals surface area contributed by atoms with Gasteiger partial charge in [0.15, 0.2) is 6.29 Å². The van der Waals surface area contributed by atoms with Crippen LogP contribution in [0.15, 0.2) is 0 Å². The number of aliphatic hydroxyl groups excluding tert-OH is 2. The molecule has 8 heteroatoms. The molecule has 1 aliphatic heterocycles. The van der Waals surface area contributed by atoms with E-state index in [0.717, 1.165) is 12.8 Å². The van der Waals surface area contributed by atoms with E-state index in [1.165, 1.54) is 89.9 Å². The second-order valence-electron chi connectivity index (χ2n) is 11.0. The van der Waals surface area contributed by atoms with Gasteiger partial charge in [0, 0.05) is 21.5 Å². The summed E-state index contributed by atoms with van der Waals surface area (Å²) in [5, 5.41) is 22.5. The third kappa shape index (κ3) is 25.7. The Morgan fingerprint density at radius 1 is 0.738 bits per heavy atom. The minimum absolute atomic E-state index is 0. The molecule has 4 atom stereocenters. The molecule has 1 amide bonds. The van der Waals surface area contributed by atoms with Crippen LogP contribution in [-0.2, 0) is 23.7 Å². The molecule has 0 saturated carbocycles. The molecule has 1 saturated heterocycles. The number of hydrogen-bond donors (Lipinski definition) is 3. The van der Waals surface area contributed by atoms with Gasteiger partial charge in [-0.1, -0.05) is 131 Å². The number of hydrogen-bond acceptors (Lipinski definition) is 7. The Hall–Kier alpha value is -0.770. The maximum absolute atomic E-state index is 12.0. The highest BCUT2D eigenvalue weighted by Crippen LogP contribution is 2.25. The molecule has 0 unspecified atom stereocenters. The van der Waals surface area contributed by atoms with Crippen LogP contribution < -0.4 is 5.32 Å². The van der Waals surface area contributed by atoms with Gasteiger partial charge >= 0.3 is 0 Å². The van der Waals surface area contributed by atoms with Gasteiger partial charge < -0.3 is 34.5 Å². The number of carbonyl (C=O) groups is 1. The number of nitrogens with one attached hydrogen (secondary N) is 1. The van der Waals surface area contributed by atoms with E-state index in [1.54, 1.807) is 7.11 Å². The first kappa shape index (κ1) is 43.4. The van der Waals surface area contributed by atoms with Crippen LogP contribution in [0.1, 0.15) is 152 Å². The summed E-state index contributed by atoms with van der Waals surface area (Å²) in [6.45, 7) is 12.0. The van der Waals surface area contributed by atoms with E-state index in [4.69, 9.17) is 18.9 Å². The quantitative estimate of drug-likeness (QED) is 0.0871. The Bertz CT molecular complexity index is 543. The van der Waals surface area contributed by atoms with E-state index in [9.17, 15) is 15.0 Å². The molecule has 0 aliphatic carbocycles. The zero-order valence-electron chi connectivity index (χ0n) is 28.5. The van der Waals surface area contributed by atoms with E-state index in [-0.39, 0.29) is 13.9 Å². The summed E-state index contributed by atoms with van der Waals surface area (Å²) in [5.74, 6) is 0.0849. The number of carbonyl (C=O) groups excluding carboxylic acids is 1. The summed E-state index contributed by atoms with van der Waals surface area (Å²) in [6.07, 6.45) is 19.0. The summed E-state index contributed by atoms with van der Waals surface area (Å²) < 4.78 is 21.8. The molecule has 0 radical (unpaired) electrons. The van der Waals surface area contributed by atoms with Crippen molar-refractivity contribution in [3.05, 3.63) is 0 Å². The monoisotopic (exact) mass is 608 g/mol. The van der Waals surface area contributed by atoms with Crippen LogP contribution >= 0.6 is 0 Å². The molecule has 3 N–H and O–H groups in total. The molecule has 42 heavy (non-hydrogen) atoms. The molecule has 1 heterocycles. The van der Waals surface area contributed by atoms with Gasteiger partial charge in [-0.3, -0.25) is 4.79 Å².